The van der Waals surface area contributed by atoms with Gasteiger partial charge in [0, 0.05) is 6.54 Å². The van der Waals surface area contributed by atoms with Gasteiger partial charge in [-0.2, -0.15) is 0 Å². The fourth-order valence-electron chi connectivity index (χ4n) is 1.69. The van der Waals surface area contributed by atoms with Crippen LogP contribution in [0.2, 0.25) is 0 Å². The second-order valence-corrected chi connectivity index (χ2v) is 5.68. The molecule has 0 spiro atoms. The molecule has 0 saturated heterocycles. The summed E-state index contributed by atoms with van der Waals surface area (Å²) in [6.07, 6.45) is 2.36. The van der Waals surface area contributed by atoms with E-state index in [1.165, 1.54) is 12.8 Å². The summed E-state index contributed by atoms with van der Waals surface area (Å²) in [6, 6.07) is 7.18. The van der Waals surface area contributed by atoms with E-state index in [1.54, 1.807) is 12.1 Å². The number of carbonyl (C=O) groups excluding carboxylic acids is 1. The Bertz CT molecular complexity index is 498. The van der Waals surface area contributed by atoms with Crippen LogP contribution >= 0.6 is 12.2 Å². The van der Waals surface area contributed by atoms with Crippen LogP contribution in [0.25, 0.3) is 0 Å². The molecule has 2 rings (SSSR count). The number of ether oxygens (including phenoxy) is 1. The Hall–Kier alpha value is -1.62. The van der Waals surface area contributed by atoms with Crippen LogP contribution in [-0.4, -0.2) is 24.0 Å². The molecule has 0 atom stereocenters. The largest absolute Gasteiger partial charge is 0.483 e. The quantitative estimate of drug-likeness (QED) is 0.776. The highest BCUT2D eigenvalue weighted by Crippen LogP contribution is 2.43. The van der Waals surface area contributed by atoms with Crippen molar-refractivity contribution < 1.29 is 9.53 Å². The highest BCUT2D eigenvalue weighted by atomic mass is 32.1. The van der Waals surface area contributed by atoms with Gasteiger partial charge in [0.2, 0.25) is 0 Å². The molecule has 0 radical (unpaired) electrons. The number of thiocarbonyl (C=S) groups is 1. The third kappa shape index (κ3) is 3.92. The first kappa shape index (κ1) is 13.8. The summed E-state index contributed by atoms with van der Waals surface area (Å²) >= 11 is 4.93. The number of benzene rings is 1. The summed E-state index contributed by atoms with van der Waals surface area (Å²) in [5.74, 6) is 0.425. The monoisotopic (exact) mass is 278 g/mol. The average molecular weight is 278 g/mol. The molecule has 0 unspecified atom stereocenters. The minimum Gasteiger partial charge on any atom is -0.483 e. The molecule has 0 heterocycles. The van der Waals surface area contributed by atoms with Gasteiger partial charge < -0.3 is 15.8 Å². The van der Waals surface area contributed by atoms with E-state index in [0.29, 0.717) is 23.3 Å². The van der Waals surface area contributed by atoms with Gasteiger partial charge in [0.05, 0.1) is 5.56 Å². The number of nitrogens with two attached hydrogens (primary N) is 1. The van der Waals surface area contributed by atoms with E-state index in [9.17, 15) is 4.79 Å². The lowest BCUT2D eigenvalue weighted by Crippen LogP contribution is -2.33. The number of hydrogen-bond donors (Lipinski definition) is 2. The second kappa shape index (κ2) is 5.57. The molecular weight excluding hydrogens is 260 g/mol. The number of nitrogens with one attached hydrogen (secondary N) is 1. The van der Waals surface area contributed by atoms with Crippen molar-refractivity contribution in [2.75, 3.05) is 13.2 Å². The van der Waals surface area contributed by atoms with Crippen LogP contribution in [-0.2, 0) is 4.79 Å². The van der Waals surface area contributed by atoms with Crippen molar-refractivity contribution in [1.82, 2.24) is 5.32 Å². The maximum Gasteiger partial charge on any atom is 0.257 e. The lowest BCUT2D eigenvalue weighted by Gasteiger charge is -2.12. The third-order valence-corrected chi connectivity index (χ3v) is 3.55. The Morgan fingerprint density at radius 1 is 1.47 bits per heavy atom. The molecule has 0 aliphatic heterocycles. The standard InChI is InChI=1S/C14H18N2O2S/c1-14(6-7-14)9-16-12(17)8-18-11-5-3-2-4-10(11)13(15)19/h2-5H,6-9H2,1H3,(H2,15,19)(H,16,17). The first-order valence-electron chi connectivity index (χ1n) is 6.28. The molecule has 1 aromatic rings. The van der Waals surface area contributed by atoms with Gasteiger partial charge in [-0.3, -0.25) is 4.79 Å². The Morgan fingerprint density at radius 3 is 2.79 bits per heavy atom. The molecule has 102 valence electrons. The van der Waals surface area contributed by atoms with Gasteiger partial charge in [-0.05, 0) is 30.4 Å². The van der Waals surface area contributed by atoms with Crippen LogP contribution in [0, 0.1) is 5.41 Å². The maximum absolute atomic E-state index is 11.7. The molecule has 1 fully saturated rings. The number of para-hydroxylation sites is 1. The topological polar surface area (TPSA) is 64.3 Å². The summed E-state index contributed by atoms with van der Waals surface area (Å²) in [4.78, 5) is 11.9. The number of rotatable bonds is 6. The molecule has 4 nitrogen and oxygen atoms in total. The van der Waals surface area contributed by atoms with Gasteiger partial charge in [-0.25, -0.2) is 0 Å². The van der Waals surface area contributed by atoms with E-state index < -0.39 is 0 Å². The zero-order valence-corrected chi connectivity index (χ0v) is 11.8. The second-order valence-electron chi connectivity index (χ2n) is 5.24. The Morgan fingerprint density at radius 2 is 2.16 bits per heavy atom. The highest BCUT2D eigenvalue weighted by molar-refractivity contribution is 7.80. The van der Waals surface area contributed by atoms with E-state index in [1.807, 2.05) is 12.1 Å². The molecular formula is C14H18N2O2S. The van der Waals surface area contributed by atoms with Crippen molar-refractivity contribution >= 4 is 23.1 Å². The van der Waals surface area contributed by atoms with E-state index in [2.05, 4.69) is 12.2 Å². The van der Waals surface area contributed by atoms with Crippen molar-refractivity contribution in [2.45, 2.75) is 19.8 Å². The van der Waals surface area contributed by atoms with Gasteiger partial charge in [0.25, 0.3) is 5.91 Å². The first-order valence-corrected chi connectivity index (χ1v) is 6.69. The van der Waals surface area contributed by atoms with Gasteiger partial charge in [0.15, 0.2) is 6.61 Å². The molecule has 19 heavy (non-hydrogen) atoms. The predicted molar refractivity (Wildman–Crippen MR) is 78.2 cm³/mol. The predicted octanol–water partition coefficient (Wildman–Crippen LogP) is 1.62. The van der Waals surface area contributed by atoms with Crippen molar-refractivity contribution in [3.8, 4) is 5.75 Å². The highest BCUT2D eigenvalue weighted by Gasteiger charge is 2.37. The Balaban J connectivity index is 1.84. The summed E-state index contributed by atoms with van der Waals surface area (Å²) in [6.45, 7) is 2.86. The van der Waals surface area contributed by atoms with E-state index in [0.717, 1.165) is 0 Å². The molecule has 0 aromatic heterocycles. The lowest BCUT2D eigenvalue weighted by molar-refractivity contribution is -0.123. The minimum atomic E-state index is -0.120. The third-order valence-electron chi connectivity index (χ3n) is 3.33. The maximum atomic E-state index is 11.7. The van der Waals surface area contributed by atoms with E-state index in [4.69, 9.17) is 22.7 Å². The SMILES string of the molecule is CC1(CNC(=O)COc2ccccc2C(N)=S)CC1. The van der Waals surface area contributed by atoms with Crippen LogP contribution in [0.3, 0.4) is 0 Å². The van der Waals surface area contributed by atoms with Crippen molar-refractivity contribution in [3.63, 3.8) is 0 Å². The average Bonchev–Trinajstić information content (AvgIpc) is 3.13. The Kier molecular flexibility index (Phi) is 4.04. The molecule has 3 N–H and O–H groups in total. The molecule has 0 bridgehead atoms. The zero-order chi connectivity index (χ0) is 13.9. The van der Waals surface area contributed by atoms with Crippen LogP contribution in [0.15, 0.2) is 24.3 Å². The zero-order valence-electron chi connectivity index (χ0n) is 10.9. The molecule has 1 aromatic carbocycles. The molecule has 1 aliphatic rings. The van der Waals surface area contributed by atoms with Crippen LogP contribution in [0.5, 0.6) is 5.75 Å². The van der Waals surface area contributed by atoms with Crippen molar-refractivity contribution in [3.05, 3.63) is 29.8 Å². The van der Waals surface area contributed by atoms with Crippen LogP contribution in [0.4, 0.5) is 0 Å². The fraction of sp³-hybridized carbons (Fsp3) is 0.429. The van der Waals surface area contributed by atoms with Gasteiger partial charge in [0.1, 0.15) is 10.7 Å². The van der Waals surface area contributed by atoms with Crippen molar-refractivity contribution in [1.29, 1.82) is 0 Å². The van der Waals surface area contributed by atoms with Gasteiger partial charge in [-0.15, -0.1) is 0 Å². The molecule has 1 aliphatic carbocycles. The lowest BCUT2D eigenvalue weighted by atomic mass is 10.1. The van der Waals surface area contributed by atoms with E-state index >= 15 is 0 Å². The molecule has 1 amide bonds. The fourth-order valence-corrected chi connectivity index (χ4v) is 1.86. The first-order chi connectivity index (χ1) is 9.00. The van der Waals surface area contributed by atoms with Crippen molar-refractivity contribution in [2.24, 2.45) is 11.1 Å². The van der Waals surface area contributed by atoms with Crippen LogP contribution < -0.4 is 15.8 Å². The molecule has 5 heteroatoms. The summed E-state index contributed by atoms with van der Waals surface area (Å²) in [7, 11) is 0. The van der Waals surface area contributed by atoms with Crippen LogP contribution in [0.1, 0.15) is 25.3 Å². The molecule has 1 saturated carbocycles. The summed E-state index contributed by atoms with van der Waals surface area (Å²) in [5.41, 5.74) is 6.55. The van der Waals surface area contributed by atoms with Gasteiger partial charge >= 0.3 is 0 Å². The summed E-state index contributed by atoms with van der Waals surface area (Å²) in [5, 5.41) is 2.88. The number of amides is 1. The van der Waals surface area contributed by atoms with E-state index in [-0.39, 0.29) is 17.5 Å². The van der Waals surface area contributed by atoms with Gasteiger partial charge in [-0.1, -0.05) is 31.3 Å². The Labute approximate surface area is 118 Å². The number of hydrogen-bond acceptors (Lipinski definition) is 3. The summed E-state index contributed by atoms with van der Waals surface area (Å²) < 4.78 is 5.47. The normalized spacial score (nSPS) is 15.6. The smallest absolute Gasteiger partial charge is 0.257 e. The number of carbonyl (C=O) groups is 1. The minimum absolute atomic E-state index is 0.0181.